The molecule has 320 valence electrons. The topological polar surface area (TPSA) is 98.8 Å². The van der Waals surface area contributed by atoms with E-state index in [0.29, 0.717) is 32.8 Å². The number of hydrogen-bond donors (Lipinski definition) is 0. The number of methoxy groups -OCH3 is 1. The fourth-order valence-electron chi connectivity index (χ4n) is 10.1. The summed E-state index contributed by atoms with van der Waals surface area (Å²) in [4.78, 5) is 24.9. The SMILES string of the molecule is C=CC(=O)OCCOCCOc1ccc(C2(c3ccc(OCCOCCOC(=O)C4CC5c6ccccc6C4(OC)c4ccccc45)cc3)c3ccccc3-c3ccccc32)cc1. The van der Waals surface area contributed by atoms with Crippen LogP contribution in [0.15, 0.2) is 158 Å². The first-order valence-corrected chi connectivity index (χ1v) is 21.5. The summed E-state index contributed by atoms with van der Waals surface area (Å²) in [5, 5.41) is 0. The molecule has 4 aliphatic carbocycles. The number of hydrogen-bond acceptors (Lipinski definition) is 9. The molecular weight excluding hydrogens is 793 g/mol. The van der Waals surface area contributed by atoms with Crippen molar-refractivity contribution in [3.8, 4) is 22.6 Å². The molecule has 4 aliphatic rings. The summed E-state index contributed by atoms with van der Waals surface area (Å²) >= 11 is 0. The van der Waals surface area contributed by atoms with Gasteiger partial charge in [-0.2, -0.15) is 0 Å². The number of fused-ring (bicyclic) bond motifs is 4. The number of benzene rings is 6. The van der Waals surface area contributed by atoms with Gasteiger partial charge < -0.3 is 33.2 Å². The van der Waals surface area contributed by atoms with Gasteiger partial charge in [0.1, 0.15) is 43.5 Å². The minimum atomic E-state index is -0.892. The average Bonchev–Trinajstić information content (AvgIpc) is 3.64. The molecule has 0 fully saturated rings. The zero-order valence-electron chi connectivity index (χ0n) is 35.3. The molecule has 9 heteroatoms. The monoisotopic (exact) mass is 842 g/mol. The van der Waals surface area contributed by atoms with Crippen molar-refractivity contribution in [2.24, 2.45) is 5.92 Å². The summed E-state index contributed by atoms with van der Waals surface area (Å²) in [5.41, 5.74) is 10.1. The Bertz CT molecular complexity index is 2490. The molecule has 0 aromatic heterocycles. The standard InChI is InChI=1S/C54H50O9/c1-3-51(55)62-34-30-58-28-32-60-39-24-20-37(21-25-39)53(46-16-8-4-12-41(46)42-13-5-9-17-47(42)53)38-22-26-40(27-23-38)61-33-29-59-31-35-63-52(56)50-36-45-43-14-6-10-18-48(43)54(50,57-2)49-19-11-7-15-44(45)49/h3-27,45,50H,1,28-36H2,2H3. The van der Waals surface area contributed by atoms with E-state index >= 15 is 0 Å². The number of carbonyl (C=O) groups is 2. The number of carbonyl (C=O) groups excluding carboxylic acids is 2. The van der Waals surface area contributed by atoms with Crippen LogP contribution in [0.25, 0.3) is 11.1 Å². The first-order chi connectivity index (χ1) is 31.0. The zero-order valence-corrected chi connectivity index (χ0v) is 35.3. The highest BCUT2D eigenvalue weighted by Gasteiger charge is 2.58. The quantitative estimate of drug-likeness (QED) is 0.0449. The Labute approximate surface area is 368 Å². The zero-order chi connectivity index (χ0) is 43.2. The van der Waals surface area contributed by atoms with Crippen molar-refractivity contribution in [2.75, 3.05) is 60.0 Å². The molecule has 0 heterocycles. The van der Waals surface area contributed by atoms with Gasteiger partial charge in [0, 0.05) is 19.1 Å². The Morgan fingerprint density at radius 3 is 1.49 bits per heavy atom. The Hall–Kier alpha value is -6.52. The first-order valence-electron chi connectivity index (χ1n) is 21.5. The molecule has 0 N–H and O–H groups in total. The van der Waals surface area contributed by atoms with E-state index in [2.05, 4.69) is 116 Å². The molecule has 6 aromatic carbocycles. The molecule has 9 nitrogen and oxygen atoms in total. The number of ether oxygens (including phenoxy) is 7. The van der Waals surface area contributed by atoms with Gasteiger partial charge in [-0.05, 0) is 86.3 Å². The van der Waals surface area contributed by atoms with Crippen molar-refractivity contribution >= 4 is 11.9 Å². The van der Waals surface area contributed by atoms with E-state index in [-0.39, 0.29) is 38.3 Å². The fraction of sp³-hybridized carbons (Fsp3) is 0.259. The van der Waals surface area contributed by atoms with Crippen molar-refractivity contribution in [3.63, 3.8) is 0 Å². The Morgan fingerprint density at radius 1 is 0.556 bits per heavy atom. The predicted molar refractivity (Wildman–Crippen MR) is 239 cm³/mol. The van der Waals surface area contributed by atoms with Gasteiger partial charge in [-0.15, -0.1) is 0 Å². The van der Waals surface area contributed by atoms with Crippen LogP contribution in [0, 0.1) is 5.92 Å². The molecule has 0 radical (unpaired) electrons. The van der Waals surface area contributed by atoms with E-state index < -0.39 is 22.9 Å². The van der Waals surface area contributed by atoms with Gasteiger partial charge in [0.25, 0.3) is 0 Å². The van der Waals surface area contributed by atoms with Crippen molar-refractivity contribution in [1.82, 2.24) is 0 Å². The van der Waals surface area contributed by atoms with E-state index in [1.54, 1.807) is 7.11 Å². The molecule has 1 atom stereocenters. The molecule has 63 heavy (non-hydrogen) atoms. The van der Waals surface area contributed by atoms with Crippen molar-refractivity contribution in [2.45, 2.75) is 23.4 Å². The van der Waals surface area contributed by atoms with Crippen LogP contribution in [0.1, 0.15) is 56.8 Å². The van der Waals surface area contributed by atoms with Crippen LogP contribution in [0.4, 0.5) is 0 Å². The van der Waals surface area contributed by atoms with Gasteiger partial charge in [-0.3, -0.25) is 4.79 Å². The van der Waals surface area contributed by atoms with Crippen LogP contribution in [0.5, 0.6) is 11.5 Å². The Balaban J connectivity index is 0.817. The average molecular weight is 843 g/mol. The lowest BCUT2D eigenvalue weighted by molar-refractivity contribution is -0.164. The highest BCUT2D eigenvalue weighted by Crippen LogP contribution is 2.60. The lowest BCUT2D eigenvalue weighted by Crippen LogP contribution is -2.52. The van der Waals surface area contributed by atoms with Crippen LogP contribution in [0.3, 0.4) is 0 Å². The fourth-order valence-corrected chi connectivity index (χ4v) is 10.1. The van der Waals surface area contributed by atoms with Crippen molar-refractivity contribution < 1.29 is 42.7 Å². The summed E-state index contributed by atoms with van der Waals surface area (Å²) in [5.74, 6) is 0.363. The van der Waals surface area contributed by atoms with E-state index in [0.717, 1.165) is 39.8 Å². The summed E-state index contributed by atoms with van der Waals surface area (Å²) in [6.07, 6.45) is 1.76. The van der Waals surface area contributed by atoms with Crippen LogP contribution in [-0.4, -0.2) is 71.9 Å². The first kappa shape index (κ1) is 41.8. The van der Waals surface area contributed by atoms with E-state index in [4.69, 9.17) is 33.2 Å². The summed E-state index contributed by atoms with van der Waals surface area (Å²) < 4.78 is 40.7. The summed E-state index contributed by atoms with van der Waals surface area (Å²) in [6.45, 7) is 5.62. The van der Waals surface area contributed by atoms with Gasteiger partial charge in [-0.25, -0.2) is 4.79 Å². The van der Waals surface area contributed by atoms with Crippen LogP contribution in [0.2, 0.25) is 0 Å². The van der Waals surface area contributed by atoms with Gasteiger partial charge in [0.15, 0.2) is 0 Å². The molecule has 0 saturated carbocycles. The maximum atomic E-state index is 13.7. The normalized spacial score (nSPS) is 18.3. The van der Waals surface area contributed by atoms with Gasteiger partial charge in [0.2, 0.25) is 0 Å². The van der Waals surface area contributed by atoms with Crippen LogP contribution < -0.4 is 9.47 Å². The molecule has 10 rings (SSSR count). The molecule has 0 spiro atoms. The highest BCUT2D eigenvalue weighted by atomic mass is 16.6. The van der Waals surface area contributed by atoms with Gasteiger partial charge in [0.05, 0.1) is 37.8 Å². The maximum Gasteiger partial charge on any atom is 0.330 e. The third kappa shape index (κ3) is 7.60. The van der Waals surface area contributed by atoms with Crippen molar-refractivity contribution in [3.05, 3.63) is 203 Å². The molecule has 6 aromatic rings. The third-order valence-corrected chi connectivity index (χ3v) is 12.7. The molecular formula is C54H50O9. The summed E-state index contributed by atoms with van der Waals surface area (Å²) in [6, 6.07) is 50.4. The summed E-state index contributed by atoms with van der Waals surface area (Å²) in [7, 11) is 1.69. The third-order valence-electron chi connectivity index (χ3n) is 12.7. The second-order valence-electron chi connectivity index (χ2n) is 15.8. The van der Waals surface area contributed by atoms with Gasteiger partial charge >= 0.3 is 11.9 Å². The number of esters is 2. The predicted octanol–water partition coefficient (Wildman–Crippen LogP) is 9.17. The minimum Gasteiger partial charge on any atom is -0.491 e. The van der Waals surface area contributed by atoms with Crippen LogP contribution >= 0.6 is 0 Å². The van der Waals surface area contributed by atoms with Gasteiger partial charge in [-0.1, -0.05) is 128 Å². The molecule has 0 saturated heterocycles. The number of rotatable bonds is 19. The second kappa shape index (κ2) is 18.4. The lowest BCUT2D eigenvalue weighted by atomic mass is 9.56. The highest BCUT2D eigenvalue weighted by molar-refractivity contribution is 5.86. The van der Waals surface area contributed by atoms with E-state index in [9.17, 15) is 9.59 Å². The van der Waals surface area contributed by atoms with E-state index in [1.807, 2.05) is 36.4 Å². The molecule has 0 amide bonds. The largest absolute Gasteiger partial charge is 0.491 e. The Morgan fingerprint density at radius 2 is 1.00 bits per heavy atom. The molecule has 2 bridgehead atoms. The molecule has 0 aliphatic heterocycles. The molecule has 1 unspecified atom stereocenters. The van der Waals surface area contributed by atoms with Crippen molar-refractivity contribution in [1.29, 1.82) is 0 Å². The minimum absolute atomic E-state index is 0.115. The maximum absolute atomic E-state index is 13.7. The van der Waals surface area contributed by atoms with E-state index in [1.165, 1.54) is 33.4 Å². The Kier molecular flexibility index (Phi) is 12.2. The van der Waals surface area contributed by atoms with Crippen LogP contribution in [-0.2, 0) is 44.3 Å². The lowest BCUT2D eigenvalue weighted by Gasteiger charge is -2.52. The second-order valence-corrected chi connectivity index (χ2v) is 15.8. The smallest absolute Gasteiger partial charge is 0.330 e.